The molecule has 1 saturated carbocycles. The normalized spacial score (nSPS) is 18.6. The smallest absolute Gasteiger partial charge is 0.244 e. The maximum atomic E-state index is 12.2. The van der Waals surface area contributed by atoms with Crippen molar-refractivity contribution in [2.45, 2.75) is 43.0 Å². The molecule has 0 bridgehead atoms. The van der Waals surface area contributed by atoms with Gasteiger partial charge >= 0.3 is 0 Å². The fourth-order valence-corrected chi connectivity index (χ4v) is 3.96. The lowest BCUT2D eigenvalue weighted by Gasteiger charge is -2.28. The number of halogens is 1. The molecule has 18 heavy (non-hydrogen) atoms. The van der Waals surface area contributed by atoms with Gasteiger partial charge in [0.2, 0.25) is 10.0 Å². The van der Waals surface area contributed by atoms with Gasteiger partial charge < -0.3 is 5.73 Å². The van der Waals surface area contributed by atoms with Crippen LogP contribution >= 0.6 is 12.4 Å². The molecule has 0 aliphatic heterocycles. The van der Waals surface area contributed by atoms with Crippen LogP contribution in [0, 0.1) is 6.92 Å². The first-order chi connectivity index (χ1) is 7.99. The average Bonchev–Trinajstić information content (AvgIpc) is 2.87. The Balaban J connectivity index is 0.00000162. The van der Waals surface area contributed by atoms with Crippen LogP contribution in [-0.4, -0.2) is 30.7 Å². The summed E-state index contributed by atoms with van der Waals surface area (Å²) in [7, 11) is -3.53. The van der Waals surface area contributed by atoms with Crippen molar-refractivity contribution >= 4 is 22.4 Å². The van der Waals surface area contributed by atoms with Gasteiger partial charge in [0.15, 0.2) is 0 Å². The molecule has 0 saturated heterocycles. The predicted molar refractivity (Wildman–Crippen MR) is 71.1 cm³/mol. The van der Waals surface area contributed by atoms with Crippen LogP contribution in [0.4, 0.5) is 0 Å². The van der Waals surface area contributed by atoms with E-state index in [4.69, 9.17) is 5.73 Å². The second-order valence-corrected chi connectivity index (χ2v) is 6.31. The van der Waals surface area contributed by atoms with Crippen LogP contribution in [0.1, 0.15) is 31.4 Å². The van der Waals surface area contributed by atoms with Gasteiger partial charge in [0.1, 0.15) is 4.90 Å². The van der Waals surface area contributed by atoms with E-state index in [0.29, 0.717) is 12.2 Å². The van der Waals surface area contributed by atoms with E-state index in [2.05, 4.69) is 14.9 Å². The summed E-state index contributed by atoms with van der Waals surface area (Å²) in [5, 5.41) is 6.37. The van der Waals surface area contributed by atoms with Crippen molar-refractivity contribution in [1.29, 1.82) is 0 Å². The summed E-state index contributed by atoms with van der Waals surface area (Å²) in [6, 6.07) is 0. The van der Waals surface area contributed by atoms with Crippen LogP contribution in [-0.2, 0) is 10.0 Å². The highest BCUT2D eigenvalue weighted by atomic mass is 35.5. The van der Waals surface area contributed by atoms with Crippen molar-refractivity contribution in [3.8, 4) is 0 Å². The molecule has 0 spiro atoms. The third-order valence-corrected chi connectivity index (χ3v) is 5.07. The molecule has 8 heteroatoms. The van der Waals surface area contributed by atoms with Crippen LogP contribution in [0.3, 0.4) is 0 Å². The molecule has 0 aromatic carbocycles. The van der Waals surface area contributed by atoms with Crippen LogP contribution in [0.15, 0.2) is 11.1 Å². The first-order valence-electron chi connectivity index (χ1n) is 5.73. The van der Waals surface area contributed by atoms with Gasteiger partial charge in [-0.15, -0.1) is 12.4 Å². The van der Waals surface area contributed by atoms with Gasteiger partial charge in [-0.2, -0.15) is 5.10 Å². The van der Waals surface area contributed by atoms with Gasteiger partial charge in [-0.05, 0) is 19.8 Å². The zero-order valence-corrected chi connectivity index (χ0v) is 11.9. The first kappa shape index (κ1) is 15.4. The van der Waals surface area contributed by atoms with Crippen LogP contribution in [0.2, 0.25) is 0 Å². The Morgan fingerprint density at radius 3 is 2.56 bits per heavy atom. The van der Waals surface area contributed by atoms with E-state index in [9.17, 15) is 8.42 Å². The van der Waals surface area contributed by atoms with Gasteiger partial charge in [-0.1, -0.05) is 12.8 Å². The fraction of sp³-hybridized carbons (Fsp3) is 0.700. The molecule has 1 aliphatic rings. The number of aryl methyl sites for hydroxylation is 1. The molecular formula is C10H19ClN4O2S. The lowest BCUT2D eigenvalue weighted by atomic mass is 10.0. The Hall–Kier alpha value is -0.630. The van der Waals surface area contributed by atoms with E-state index in [1.54, 1.807) is 6.92 Å². The van der Waals surface area contributed by atoms with Gasteiger partial charge in [0.25, 0.3) is 0 Å². The summed E-state index contributed by atoms with van der Waals surface area (Å²) in [5.41, 5.74) is 5.79. The minimum absolute atomic E-state index is 0. The summed E-state index contributed by atoms with van der Waals surface area (Å²) in [5.74, 6) is 0. The van der Waals surface area contributed by atoms with E-state index >= 15 is 0 Å². The largest absolute Gasteiger partial charge is 0.329 e. The number of aromatic amines is 1. The monoisotopic (exact) mass is 294 g/mol. The van der Waals surface area contributed by atoms with Crippen molar-refractivity contribution in [3.63, 3.8) is 0 Å². The minimum Gasteiger partial charge on any atom is -0.329 e. The first-order valence-corrected chi connectivity index (χ1v) is 7.21. The van der Waals surface area contributed by atoms with Crippen molar-refractivity contribution in [2.75, 3.05) is 6.54 Å². The average molecular weight is 295 g/mol. The van der Waals surface area contributed by atoms with Gasteiger partial charge in [-0.3, -0.25) is 5.10 Å². The summed E-state index contributed by atoms with van der Waals surface area (Å²) in [4.78, 5) is 0.206. The number of H-pyrrole nitrogens is 1. The standard InChI is InChI=1S/C10H18N4O2S.ClH/c1-8-9(6-12-13-8)17(15,16)14-10(7-11)4-2-3-5-10;/h6,14H,2-5,7,11H2,1H3,(H,12,13);1H. The molecule has 104 valence electrons. The third kappa shape index (κ3) is 2.85. The zero-order chi connectivity index (χ0) is 12.5. The predicted octanol–water partition coefficient (Wildman–Crippen LogP) is 0.690. The molecule has 0 radical (unpaired) electrons. The number of sulfonamides is 1. The molecule has 0 atom stereocenters. The van der Waals surface area contributed by atoms with Crippen molar-refractivity contribution in [1.82, 2.24) is 14.9 Å². The third-order valence-electron chi connectivity index (χ3n) is 3.38. The highest BCUT2D eigenvalue weighted by Crippen LogP contribution is 2.30. The van der Waals surface area contributed by atoms with Crippen molar-refractivity contribution < 1.29 is 8.42 Å². The highest BCUT2D eigenvalue weighted by Gasteiger charge is 2.37. The summed E-state index contributed by atoms with van der Waals surface area (Å²) >= 11 is 0. The lowest BCUT2D eigenvalue weighted by molar-refractivity contribution is 0.399. The zero-order valence-electron chi connectivity index (χ0n) is 10.3. The van der Waals surface area contributed by atoms with Crippen molar-refractivity contribution in [2.24, 2.45) is 5.73 Å². The Bertz CT molecular complexity index is 494. The number of nitrogens with two attached hydrogens (primary N) is 1. The maximum absolute atomic E-state index is 12.2. The second kappa shape index (κ2) is 5.56. The van der Waals surface area contributed by atoms with Gasteiger partial charge in [0, 0.05) is 12.1 Å². The molecule has 1 heterocycles. The number of aromatic nitrogens is 2. The number of rotatable bonds is 4. The molecule has 1 fully saturated rings. The molecule has 0 unspecified atom stereocenters. The maximum Gasteiger partial charge on any atom is 0.244 e. The molecule has 1 aromatic heterocycles. The molecular weight excluding hydrogens is 276 g/mol. The number of nitrogens with one attached hydrogen (secondary N) is 2. The van der Waals surface area contributed by atoms with Crippen molar-refractivity contribution in [3.05, 3.63) is 11.9 Å². The summed E-state index contributed by atoms with van der Waals surface area (Å²) in [6.45, 7) is 2.02. The van der Waals surface area contributed by atoms with Crippen LogP contribution < -0.4 is 10.5 Å². The molecule has 1 aliphatic carbocycles. The molecule has 2 rings (SSSR count). The van der Waals surface area contributed by atoms with E-state index in [1.165, 1.54) is 6.20 Å². The Labute approximate surface area is 113 Å². The Morgan fingerprint density at radius 2 is 2.11 bits per heavy atom. The van der Waals surface area contributed by atoms with Crippen LogP contribution in [0.25, 0.3) is 0 Å². The highest BCUT2D eigenvalue weighted by molar-refractivity contribution is 7.89. The molecule has 1 aromatic rings. The summed E-state index contributed by atoms with van der Waals surface area (Å²) < 4.78 is 27.2. The number of nitrogens with zero attached hydrogens (tertiary/aromatic N) is 1. The van der Waals surface area contributed by atoms with Gasteiger partial charge in [0.05, 0.1) is 11.9 Å². The van der Waals surface area contributed by atoms with E-state index in [-0.39, 0.29) is 17.3 Å². The minimum atomic E-state index is -3.53. The molecule has 0 amide bonds. The van der Waals surface area contributed by atoms with Gasteiger partial charge in [-0.25, -0.2) is 13.1 Å². The Kier molecular flexibility index (Phi) is 4.77. The van der Waals surface area contributed by atoms with E-state index in [1.807, 2.05) is 0 Å². The number of hydrogen-bond donors (Lipinski definition) is 3. The van der Waals surface area contributed by atoms with E-state index < -0.39 is 15.6 Å². The number of hydrogen-bond acceptors (Lipinski definition) is 4. The second-order valence-electron chi connectivity index (χ2n) is 4.66. The fourth-order valence-electron chi connectivity index (χ4n) is 2.35. The quantitative estimate of drug-likeness (QED) is 0.760. The topological polar surface area (TPSA) is 101 Å². The van der Waals surface area contributed by atoms with Crippen LogP contribution in [0.5, 0.6) is 0 Å². The van der Waals surface area contributed by atoms with E-state index in [0.717, 1.165) is 25.7 Å². The summed E-state index contributed by atoms with van der Waals surface area (Å²) in [6.07, 6.45) is 4.98. The lowest BCUT2D eigenvalue weighted by Crippen LogP contribution is -2.51. The molecule has 6 nitrogen and oxygen atoms in total. The molecule has 4 N–H and O–H groups in total. The Morgan fingerprint density at radius 1 is 1.50 bits per heavy atom. The SMILES string of the molecule is Cc1[nH]ncc1S(=O)(=O)NC1(CN)CCCC1.Cl.